The molecule has 0 atom stereocenters. The molecule has 4 nitrogen and oxygen atoms in total. The lowest BCUT2D eigenvalue weighted by atomic mass is 10.1. The van der Waals surface area contributed by atoms with Crippen molar-refractivity contribution in [1.29, 1.82) is 0 Å². The predicted octanol–water partition coefficient (Wildman–Crippen LogP) is 3.53. The Bertz CT molecular complexity index is 612. The number of rotatable bonds is 4. The second-order valence-corrected chi connectivity index (χ2v) is 4.37. The monoisotopic (exact) mass is 297 g/mol. The van der Waals surface area contributed by atoms with Crippen molar-refractivity contribution in [2.45, 2.75) is 19.5 Å². The van der Waals surface area contributed by atoms with E-state index in [2.05, 4.69) is 9.97 Å². The highest BCUT2D eigenvalue weighted by Gasteiger charge is 2.35. The van der Waals surface area contributed by atoms with Crippen LogP contribution in [0.15, 0.2) is 30.3 Å². The molecule has 7 heteroatoms. The molecule has 1 aromatic heterocycles. The van der Waals surface area contributed by atoms with Crippen molar-refractivity contribution in [3.05, 3.63) is 36.2 Å². The first kappa shape index (κ1) is 15.1. The number of benzene rings is 1. The summed E-state index contributed by atoms with van der Waals surface area (Å²) in [5.41, 5.74) is 6.05. The first-order valence-electron chi connectivity index (χ1n) is 6.35. The number of nitrogens with zero attached hydrogens (tertiary/aromatic N) is 2. The molecule has 1 aromatic carbocycles. The summed E-state index contributed by atoms with van der Waals surface area (Å²) in [6.07, 6.45) is -3.76. The second kappa shape index (κ2) is 5.99. The number of hydrogen-bond acceptors (Lipinski definition) is 4. The van der Waals surface area contributed by atoms with Crippen LogP contribution in [0.5, 0.6) is 5.75 Å². The molecule has 0 aliphatic heterocycles. The first-order valence-corrected chi connectivity index (χ1v) is 6.35. The molecule has 2 rings (SSSR count). The summed E-state index contributed by atoms with van der Waals surface area (Å²) >= 11 is 0. The van der Waals surface area contributed by atoms with E-state index < -0.39 is 12.0 Å². The number of hydrogen-bond donors (Lipinski definition) is 1. The van der Waals surface area contributed by atoms with E-state index in [0.29, 0.717) is 17.9 Å². The van der Waals surface area contributed by atoms with Crippen LogP contribution in [0.25, 0.3) is 11.3 Å². The van der Waals surface area contributed by atoms with Crippen molar-refractivity contribution in [2.24, 2.45) is 0 Å². The smallest absolute Gasteiger partial charge is 0.451 e. The minimum atomic E-state index is -4.63. The van der Waals surface area contributed by atoms with Crippen molar-refractivity contribution in [2.75, 3.05) is 12.3 Å². The van der Waals surface area contributed by atoms with Gasteiger partial charge in [0.25, 0.3) is 0 Å². The third-order valence-corrected chi connectivity index (χ3v) is 2.62. The van der Waals surface area contributed by atoms with Gasteiger partial charge in [0.15, 0.2) is 0 Å². The predicted molar refractivity (Wildman–Crippen MR) is 72.7 cm³/mol. The Kier molecular flexibility index (Phi) is 4.30. The zero-order valence-electron chi connectivity index (χ0n) is 11.3. The molecule has 0 amide bonds. The summed E-state index contributed by atoms with van der Waals surface area (Å²) < 4.78 is 43.4. The number of nitrogen functional groups attached to an aromatic ring is 1. The molecule has 0 radical (unpaired) electrons. The van der Waals surface area contributed by atoms with Crippen LogP contribution in [0.2, 0.25) is 0 Å². The van der Waals surface area contributed by atoms with E-state index >= 15 is 0 Å². The molecule has 0 bridgehead atoms. The molecule has 2 aromatic rings. The molecule has 0 fully saturated rings. The molecule has 0 spiro atoms. The summed E-state index contributed by atoms with van der Waals surface area (Å²) in [5, 5.41) is 0. The highest BCUT2D eigenvalue weighted by Crippen LogP contribution is 2.29. The van der Waals surface area contributed by atoms with Gasteiger partial charge in [0.1, 0.15) is 11.6 Å². The third-order valence-electron chi connectivity index (χ3n) is 2.62. The minimum Gasteiger partial charge on any atom is -0.494 e. The van der Waals surface area contributed by atoms with Gasteiger partial charge in [-0.1, -0.05) is 6.92 Å². The van der Waals surface area contributed by atoms with Crippen LogP contribution in [0.1, 0.15) is 19.2 Å². The number of aromatic nitrogens is 2. The molecule has 0 saturated heterocycles. The molecule has 0 aliphatic carbocycles. The molecule has 0 unspecified atom stereocenters. The molecule has 0 aliphatic rings. The molecule has 2 N–H and O–H groups in total. The molecular formula is C14H14F3N3O. The van der Waals surface area contributed by atoms with Crippen LogP contribution in [0.3, 0.4) is 0 Å². The maximum absolute atomic E-state index is 12.7. The van der Waals surface area contributed by atoms with Crippen LogP contribution in [0, 0.1) is 0 Å². The lowest BCUT2D eigenvalue weighted by Gasteiger charge is -2.09. The van der Waals surface area contributed by atoms with Crippen LogP contribution < -0.4 is 10.5 Å². The Labute approximate surface area is 119 Å². The van der Waals surface area contributed by atoms with Crippen LogP contribution in [0.4, 0.5) is 19.0 Å². The summed E-state index contributed by atoms with van der Waals surface area (Å²) in [7, 11) is 0. The fourth-order valence-electron chi connectivity index (χ4n) is 1.68. The molecule has 1 heterocycles. The van der Waals surface area contributed by atoms with Crippen LogP contribution in [-0.4, -0.2) is 16.6 Å². The van der Waals surface area contributed by atoms with Gasteiger partial charge in [-0.25, -0.2) is 9.97 Å². The van der Waals surface area contributed by atoms with E-state index in [-0.39, 0.29) is 11.5 Å². The lowest BCUT2D eigenvalue weighted by molar-refractivity contribution is -0.144. The van der Waals surface area contributed by atoms with E-state index in [1.165, 1.54) is 6.07 Å². The SMILES string of the molecule is CCCOc1ccc(-c2cc(N)nc(C(F)(F)F)n2)cc1. The fraction of sp³-hybridized carbons (Fsp3) is 0.286. The van der Waals surface area contributed by atoms with Crippen molar-refractivity contribution < 1.29 is 17.9 Å². The zero-order chi connectivity index (χ0) is 15.5. The van der Waals surface area contributed by atoms with Gasteiger partial charge in [-0.15, -0.1) is 0 Å². The lowest BCUT2D eigenvalue weighted by Crippen LogP contribution is -2.13. The van der Waals surface area contributed by atoms with Gasteiger partial charge < -0.3 is 10.5 Å². The van der Waals surface area contributed by atoms with Crippen LogP contribution in [-0.2, 0) is 6.18 Å². The highest BCUT2D eigenvalue weighted by molar-refractivity contribution is 5.62. The second-order valence-electron chi connectivity index (χ2n) is 4.37. The molecule has 21 heavy (non-hydrogen) atoms. The van der Waals surface area contributed by atoms with Gasteiger partial charge in [0, 0.05) is 11.6 Å². The van der Waals surface area contributed by atoms with Gasteiger partial charge in [-0.3, -0.25) is 0 Å². The Morgan fingerprint density at radius 3 is 2.38 bits per heavy atom. The Morgan fingerprint density at radius 2 is 1.81 bits per heavy atom. The number of halogens is 3. The quantitative estimate of drug-likeness (QED) is 0.937. The van der Waals surface area contributed by atoms with E-state index in [1.54, 1.807) is 24.3 Å². The van der Waals surface area contributed by atoms with Crippen LogP contribution >= 0.6 is 0 Å². The normalized spacial score (nSPS) is 11.4. The largest absolute Gasteiger partial charge is 0.494 e. The van der Waals surface area contributed by atoms with E-state index in [9.17, 15) is 13.2 Å². The minimum absolute atomic E-state index is 0.122. The molecule has 112 valence electrons. The summed E-state index contributed by atoms with van der Waals surface area (Å²) in [6.45, 7) is 2.56. The fourth-order valence-corrected chi connectivity index (χ4v) is 1.68. The maximum Gasteiger partial charge on any atom is 0.451 e. The third kappa shape index (κ3) is 3.84. The Hall–Kier alpha value is -2.31. The van der Waals surface area contributed by atoms with Gasteiger partial charge >= 0.3 is 6.18 Å². The number of alkyl halides is 3. The summed E-state index contributed by atoms with van der Waals surface area (Å²) in [4.78, 5) is 6.72. The highest BCUT2D eigenvalue weighted by atomic mass is 19.4. The van der Waals surface area contributed by atoms with E-state index in [1.807, 2.05) is 6.92 Å². The standard InChI is InChI=1S/C14H14F3N3O/c1-2-7-21-10-5-3-9(4-6-10)11-8-12(18)20-13(19-11)14(15,16)17/h3-6,8H,2,7H2,1H3,(H2,18,19,20). The van der Waals surface area contributed by atoms with Crippen molar-refractivity contribution in [1.82, 2.24) is 9.97 Å². The number of anilines is 1. The molecule has 0 saturated carbocycles. The topological polar surface area (TPSA) is 61.0 Å². The number of ether oxygens (including phenoxy) is 1. The maximum atomic E-state index is 12.7. The van der Waals surface area contributed by atoms with Gasteiger partial charge in [-0.05, 0) is 30.7 Å². The summed E-state index contributed by atoms with van der Waals surface area (Å²) in [6, 6.07) is 7.92. The number of nitrogens with two attached hydrogens (primary N) is 1. The average molecular weight is 297 g/mol. The van der Waals surface area contributed by atoms with E-state index in [4.69, 9.17) is 10.5 Å². The summed E-state index contributed by atoms with van der Waals surface area (Å²) in [5.74, 6) is -0.818. The zero-order valence-corrected chi connectivity index (χ0v) is 11.3. The van der Waals surface area contributed by atoms with E-state index in [0.717, 1.165) is 6.42 Å². The van der Waals surface area contributed by atoms with Gasteiger partial charge in [0.2, 0.25) is 5.82 Å². The Balaban J connectivity index is 2.31. The van der Waals surface area contributed by atoms with Crippen molar-refractivity contribution >= 4 is 5.82 Å². The molecular weight excluding hydrogens is 283 g/mol. The van der Waals surface area contributed by atoms with Crippen molar-refractivity contribution in [3.63, 3.8) is 0 Å². The average Bonchev–Trinajstić information content (AvgIpc) is 2.44. The first-order chi connectivity index (χ1) is 9.90. The van der Waals surface area contributed by atoms with Gasteiger partial charge in [-0.2, -0.15) is 13.2 Å². The van der Waals surface area contributed by atoms with Gasteiger partial charge in [0.05, 0.1) is 12.3 Å². The Morgan fingerprint density at radius 1 is 1.14 bits per heavy atom. The van der Waals surface area contributed by atoms with Crippen molar-refractivity contribution in [3.8, 4) is 17.0 Å².